The van der Waals surface area contributed by atoms with Crippen LogP contribution in [-0.4, -0.2) is 26.4 Å². The fourth-order valence-corrected chi connectivity index (χ4v) is 4.97. The highest BCUT2D eigenvalue weighted by atomic mass is 35.5. The van der Waals surface area contributed by atoms with Gasteiger partial charge in [0.05, 0.1) is 10.0 Å². The van der Waals surface area contributed by atoms with E-state index in [2.05, 4.69) is 10.0 Å². The Kier molecular flexibility index (Phi) is 6.18. The Hall–Kier alpha value is -0.820. The average molecular weight is 393 g/mol. The molecule has 0 aliphatic heterocycles. The third-order valence-corrected chi connectivity index (χ3v) is 6.51. The van der Waals surface area contributed by atoms with Gasteiger partial charge in [0.15, 0.2) is 0 Å². The number of hydrogen-bond donors (Lipinski definition) is 2. The number of benzene rings is 1. The molecule has 2 N–H and O–H groups in total. The van der Waals surface area contributed by atoms with E-state index < -0.39 is 16.1 Å². The lowest BCUT2D eigenvalue weighted by Gasteiger charge is -2.24. The molecule has 2 rings (SSSR count). The topological polar surface area (TPSA) is 75.3 Å². The van der Waals surface area contributed by atoms with E-state index in [0.29, 0.717) is 5.92 Å². The maximum Gasteiger partial charge on any atom is 0.244 e. The molecule has 1 aliphatic rings. The molecule has 1 saturated carbocycles. The second kappa shape index (κ2) is 7.60. The quantitative estimate of drug-likeness (QED) is 0.747. The summed E-state index contributed by atoms with van der Waals surface area (Å²) in [6.45, 7) is 5.50. The molecule has 0 bridgehead atoms. The predicted molar refractivity (Wildman–Crippen MR) is 95.7 cm³/mol. The first-order valence-corrected chi connectivity index (χ1v) is 10.1. The monoisotopic (exact) mass is 392 g/mol. The SMILES string of the molecule is CC(C)[C@@H](NS(=O)(=O)c1c(Cl)cccc1Cl)C(=O)N[C@H](C)C1CC1. The van der Waals surface area contributed by atoms with E-state index >= 15 is 0 Å². The first kappa shape index (κ1) is 19.5. The Morgan fingerprint density at radius 3 is 2.17 bits per heavy atom. The molecule has 5 nitrogen and oxygen atoms in total. The smallest absolute Gasteiger partial charge is 0.244 e. The van der Waals surface area contributed by atoms with E-state index in [-0.39, 0.29) is 32.8 Å². The maximum absolute atomic E-state index is 12.7. The van der Waals surface area contributed by atoms with Gasteiger partial charge in [-0.3, -0.25) is 4.79 Å². The van der Waals surface area contributed by atoms with Crippen molar-refractivity contribution in [2.75, 3.05) is 0 Å². The Bertz CT molecular complexity index is 698. The predicted octanol–water partition coefficient (Wildman–Crippen LogP) is 3.21. The number of hydrogen-bond acceptors (Lipinski definition) is 3. The summed E-state index contributed by atoms with van der Waals surface area (Å²) in [5, 5.41) is 2.93. The van der Waals surface area contributed by atoms with Crippen LogP contribution in [0.15, 0.2) is 23.1 Å². The minimum absolute atomic E-state index is 0.0178. The van der Waals surface area contributed by atoms with E-state index in [0.717, 1.165) is 12.8 Å². The molecule has 0 radical (unpaired) electrons. The molecule has 8 heteroatoms. The van der Waals surface area contributed by atoms with E-state index in [1.807, 2.05) is 6.92 Å². The first-order valence-electron chi connectivity index (χ1n) is 7.90. The van der Waals surface area contributed by atoms with E-state index in [1.165, 1.54) is 12.1 Å². The number of rotatable bonds is 7. The molecule has 1 aliphatic carbocycles. The fraction of sp³-hybridized carbons (Fsp3) is 0.562. The van der Waals surface area contributed by atoms with Gasteiger partial charge in [0.1, 0.15) is 10.9 Å². The molecule has 1 aromatic carbocycles. The van der Waals surface area contributed by atoms with Crippen LogP contribution in [0.1, 0.15) is 33.6 Å². The zero-order chi connectivity index (χ0) is 18.1. The van der Waals surface area contributed by atoms with Crippen molar-refractivity contribution in [1.82, 2.24) is 10.0 Å². The Morgan fingerprint density at radius 2 is 1.71 bits per heavy atom. The summed E-state index contributed by atoms with van der Waals surface area (Å²) in [7, 11) is -4.03. The normalized spacial score (nSPS) is 17.6. The molecule has 0 aromatic heterocycles. The molecule has 2 atom stereocenters. The summed E-state index contributed by atoms with van der Waals surface area (Å²) in [5.74, 6) is -0.0834. The summed E-state index contributed by atoms with van der Waals surface area (Å²) in [6.07, 6.45) is 2.18. The summed E-state index contributed by atoms with van der Waals surface area (Å²) in [4.78, 5) is 12.3. The van der Waals surface area contributed by atoms with Gasteiger partial charge >= 0.3 is 0 Å². The van der Waals surface area contributed by atoms with Crippen molar-refractivity contribution in [1.29, 1.82) is 0 Å². The molecule has 134 valence electrons. The number of nitrogens with one attached hydrogen (secondary N) is 2. The number of carbonyl (C=O) groups is 1. The van der Waals surface area contributed by atoms with Crippen molar-refractivity contribution in [3.8, 4) is 0 Å². The minimum atomic E-state index is -4.03. The second-order valence-corrected chi connectivity index (χ2v) is 8.99. The van der Waals surface area contributed by atoms with Gasteiger partial charge < -0.3 is 5.32 Å². The van der Waals surface area contributed by atoms with Crippen LogP contribution in [0.5, 0.6) is 0 Å². The van der Waals surface area contributed by atoms with Crippen LogP contribution in [0, 0.1) is 11.8 Å². The molecular weight excluding hydrogens is 371 g/mol. The first-order chi connectivity index (χ1) is 11.1. The molecule has 0 heterocycles. The highest BCUT2D eigenvalue weighted by Gasteiger charge is 2.34. The number of halogens is 2. The van der Waals surface area contributed by atoms with Crippen LogP contribution in [0.3, 0.4) is 0 Å². The molecular formula is C16H22Cl2N2O3S. The van der Waals surface area contributed by atoms with Gasteiger partial charge in [-0.2, -0.15) is 4.72 Å². The highest BCUT2D eigenvalue weighted by molar-refractivity contribution is 7.89. The summed E-state index contributed by atoms with van der Waals surface area (Å²) in [6, 6.07) is 3.59. The molecule has 1 amide bonds. The Balaban J connectivity index is 2.21. The van der Waals surface area contributed by atoms with Crippen molar-refractivity contribution < 1.29 is 13.2 Å². The van der Waals surface area contributed by atoms with E-state index in [1.54, 1.807) is 19.9 Å². The Morgan fingerprint density at radius 1 is 1.17 bits per heavy atom. The molecule has 1 aromatic rings. The van der Waals surface area contributed by atoms with Crippen LogP contribution >= 0.6 is 23.2 Å². The number of amides is 1. The van der Waals surface area contributed by atoms with Gasteiger partial charge in [-0.05, 0) is 43.7 Å². The number of carbonyl (C=O) groups excluding carboxylic acids is 1. The molecule has 24 heavy (non-hydrogen) atoms. The molecule has 0 spiro atoms. The van der Waals surface area contributed by atoms with Gasteiger partial charge in [-0.1, -0.05) is 43.1 Å². The largest absolute Gasteiger partial charge is 0.352 e. The van der Waals surface area contributed by atoms with Crippen LogP contribution in [0.4, 0.5) is 0 Å². The number of sulfonamides is 1. The van der Waals surface area contributed by atoms with E-state index in [4.69, 9.17) is 23.2 Å². The maximum atomic E-state index is 12.7. The van der Waals surface area contributed by atoms with Gasteiger partial charge in [-0.15, -0.1) is 0 Å². The van der Waals surface area contributed by atoms with Crippen LogP contribution in [-0.2, 0) is 14.8 Å². The summed E-state index contributed by atoms with van der Waals surface area (Å²) >= 11 is 12.0. The van der Waals surface area contributed by atoms with Gasteiger partial charge in [0, 0.05) is 6.04 Å². The lowest BCUT2D eigenvalue weighted by Crippen LogP contribution is -2.51. The van der Waals surface area contributed by atoms with Crippen molar-refractivity contribution in [3.63, 3.8) is 0 Å². The molecule has 0 unspecified atom stereocenters. The van der Waals surface area contributed by atoms with Crippen molar-refractivity contribution in [3.05, 3.63) is 28.2 Å². The van der Waals surface area contributed by atoms with Crippen molar-refractivity contribution in [2.24, 2.45) is 11.8 Å². The van der Waals surface area contributed by atoms with Crippen molar-refractivity contribution in [2.45, 2.75) is 50.6 Å². The Labute approximate surface area is 153 Å². The van der Waals surface area contributed by atoms with E-state index in [9.17, 15) is 13.2 Å². The second-order valence-electron chi connectivity index (χ2n) is 6.53. The van der Waals surface area contributed by atoms with Crippen molar-refractivity contribution >= 4 is 39.1 Å². The lowest BCUT2D eigenvalue weighted by atomic mass is 10.0. The zero-order valence-corrected chi connectivity index (χ0v) is 16.2. The average Bonchev–Trinajstić information content (AvgIpc) is 3.28. The third kappa shape index (κ3) is 4.63. The standard InChI is InChI=1S/C16H22Cl2N2O3S/c1-9(2)14(16(21)19-10(3)11-7-8-11)20-24(22,23)15-12(17)5-4-6-13(15)18/h4-6,9-11,14,20H,7-8H2,1-3H3,(H,19,21)/t10-,14-/m1/s1. The minimum Gasteiger partial charge on any atom is -0.352 e. The molecule has 0 saturated heterocycles. The lowest BCUT2D eigenvalue weighted by molar-refractivity contribution is -0.124. The van der Waals surface area contributed by atoms with Gasteiger partial charge in [-0.25, -0.2) is 8.42 Å². The third-order valence-electron chi connectivity index (χ3n) is 4.12. The zero-order valence-electron chi connectivity index (χ0n) is 13.8. The molecule has 1 fully saturated rings. The summed E-state index contributed by atoms with van der Waals surface area (Å²) in [5.41, 5.74) is 0. The fourth-order valence-electron chi connectivity index (χ4n) is 2.49. The highest BCUT2D eigenvalue weighted by Crippen LogP contribution is 2.32. The van der Waals surface area contributed by atoms with Crippen LogP contribution < -0.4 is 10.0 Å². The van der Waals surface area contributed by atoms with Gasteiger partial charge in [0.25, 0.3) is 0 Å². The van der Waals surface area contributed by atoms with Gasteiger partial charge in [0.2, 0.25) is 15.9 Å². The van der Waals surface area contributed by atoms with Crippen LogP contribution in [0.25, 0.3) is 0 Å². The summed E-state index contributed by atoms with van der Waals surface area (Å²) < 4.78 is 27.8. The van der Waals surface area contributed by atoms with Crippen LogP contribution in [0.2, 0.25) is 10.0 Å².